The number of anilines is 3. The number of fused-ring (bicyclic) bond motifs is 2. The quantitative estimate of drug-likeness (QED) is 0.480. The maximum atomic E-state index is 13.5. The summed E-state index contributed by atoms with van der Waals surface area (Å²) < 4.78 is 34.9. The van der Waals surface area contributed by atoms with Crippen molar-refractivity contribution in [1.29, 1.82) is 0 Å². The highest BCUT2D eigenvalue weighted by Gasteiger charge is 2.39. The molecule has 2 aromatic carbocycles. The molecule has 1 heterocycles. The number of sulfonamides is 1. The van der Waals surface area contributed by atoms with Crippen molar-refractivity contribution in [2.75, 3.05) is 35.1 Å². The molecule has 3 aliphatic rings. The number of nitrogens with one attached hydrogen (secondary N) is 3. The molecule has 2 aromatic rings. The summed E-state index contributed by atoms with van der Waals surface area (Å²) in [4.78, 5) is 2.39. The van der Waals surface area contributed by atoms with Gasteiger partial charge in [0.25, 0.3) is 10.0 Å². The van der Waals surface area contributed by atoms with Crippen LogP contribution in [-0.2, 0) is 10.0 Å². The number of nitrogens with zero attached hydrogens (tertiary/aromatic N) is 1. The lowest BCUT2D eigenvalue weighted by Gasteiger charge is -2.25. The van der Waals surface area contributed by atoms with Gasteiger partial charge in [0.2, 0.25) is 0 Å². The molecule has 3 atom stereocenters. The third-order valence-electron chi connectivity index (χ3n) is 7.35. The molecule has 7 nitrogen and oxygen atoms in total. The zero-order valence-corrected chi connectivity index (χ0v) is 21.1. The summed E-state index contributed by atoms with van der Waals surface area (Å²) in [6.07, 6.45) is 7.19. The van der Waals surface area contributed by atoms with Gasteiger partial charge in [-0.1, -0.05) is 6.42 Å². The Hall–Kier alpha value is -2.52. The van der Waals surface area contributed by atoms with Crippen molar-refractivity contribution in [1.82, 2.24) is 5.32 Å². The number of hydrogen-bond donors (Lipinski definition) is 3. The Morgan fingerprint density at radius 1 is 1.03 bits per heavy atom. The van der Waals surface area contributed by atoms with Crippen LogP contribution in [0.4, 0.5) is 17.1 Å². The van der Waals surface area contributed by atoms with E-state index in [0.29, 0.717) is 34.2 Å². The Morgan fingerprint density at radius 3 is 2.41 bits per heavy atom. The van der Waals surface area contributed by atoms with Crippen molar-refractivity contribution < 1.29 is 13.2 Å². The Labute approximate surface area is 207 Å². The van der Waals surface area contributed by atoms with Crippen molar-refractivity contribution >= 4 is 44.4 Å². The molecule has 2 bridgehead atoms. The second-order valence-electron chi connectivity index (χ2n) is 9.59. The minimum atomic E-state index is -3.82. The van der Waals surface area contributed by atoms with E-state index in [1.165, 1.54) is 25.7 Å². The third-order valence-corrected chi connectivity index (χ3v) is 8.98. The first kappa shape index (κ1) is 23.2. The van der Waals surface area contributed by atoms with E-state index in [4.69, 9.17) is 17.0 Å². The number of rotatable bonds is 7. The summed E-state index contributed by atoms with van der Waals surface area (Å²) in [6, 6.07) is 12.8. The van der Waals surface area contributed by atoms with Gasteiger partial charge in [-0.3, -0.25) is 4.72 Å². The highest BCUT2D eigenvalue weighted by Crippen LogP contribution is 2.44. The fourth-order valence-electron chi connectivity index (χ4n) is 5.65. The molecule has 182 valence electrons. The van der Waals surface area contributed by atoms with Crippen LogP contribution in [0, 0.1) is 11.8 Å². The third kappa shape index (κ3) is 4.95. The van der Waals surface area contributed by atoms with Crippen molar-refractivity contribution in [2.24, 2.45) is 11.8 Å². The van der Waals surface area contributed by atoms with Crippen molar-refractivity contribution in [3.8, 4) is 5.75 Å². The second-order valence-corrected chi connectivity index (χ2v) is 11.6. The zero-order chi connectivity index (χ0) is 23.7. The van der Waals surface area contributed by atoms with Gasteiger partial charge in [0, 0.05) is 30.5 Å². The van der Waals surface area contributed by atoms with Crippen LogP contribution < -0.4 is 25.0 Å². The fraction of sp³-hybridized carbons (Fsp3) is 0.480. The molecule has 9 heteroatoms. The first-order valence-electron chi connectivity index (χ1n) is 12.0. The summed E-state index contributed by atoms with van der Waals surface area (Å²) in [7, 11) is -2.24. The molecular formula is C25H32N4O3S2. The topological polar surface area (TPSA) is 82.7 Å². The molecule has 3 fully saturated rings. The van der Waals surface area contributed by atoms with Crippen molar-refractivity contribution in [3.05, 3.63) is 42.5 Å². The van der Waals surface area contributed by atoms with E-state index in [1.807, 2.05) is 12.1 Å². The lowest BCUT2D eigenvalue weighted by Crippen LogP contribution is -2.40. The van der Waals surface area contributed by atoms with Crippen LogP contribution in [0.2, 0.25) is 0 Å². The summed E-state index contributed by atoms with van der Waals surface area (Å²) in [5.74, 6) is 2.20. The average Bonchev–Trinajstić information content (AvgIpc) is 3.58. The molecule has 0 amide bonds. The van der Waals surface area contributed by atoms with E-state index < -0.39 is 10.0 Å². The molecular weight excluding hydrogens is 468 g/mol. The van der Waals surface area contributed by atoms with Crippen LogP contribution in [0.25, 0.3) is 0 Å². The van der Waals surface area contributed by atoms with Crippen LogP contribution in [0.1, 0.15) is 38.5 Å². The van der Waals surface area contributed by atoms with Crippen molar-refractivity contribution in [3.63, 3.8) is 0 Å². The minimum absolute atomic E-state index is 0.248. The molecule has 1 aliphatic heterocycles. The first-order chi connectivity index (χ1) is 16.4. The van der Waals surface area contributed by atoms with Crippen LogP contribution in [-0.4, -0.2) is 39.8 Å². The summed E-state index contributed by atoms with van der Waals surface area (Å²) in [6.45, 7) is 1.70. The highest BCUT2D eigenvalue weighted by atomic mass is 32.2. The smallest absolute Gasteiger partial charge is 0.264 e. The molecule has 2 saturated carbocycles. The van der Waals surface area contributed by atoms with E-state index in [-0.39, 0.29) is 4.90 Å². The monoisotopic (exact) mass is 500 g/mol. The van der Waals surface area contributed by atoms with Gasteiger partial charge in [0.05, 0.1) is 12.8 Å². The summed E-state index contributed by atoms with van der Waals surface area (Å²) in [5.41, 5.74) is 1.87. The summed E-state index contributed by atoms with van der Waals surface area (Å²) >= 11 is 5.58. The van der Waals surface area contributed by atoms with Crippen LogP contribution in [0.3, 0.4) is 0 Å². The van der Waals surface area contributed by atoms with E-state index >= 15 is 0 Å². The van der Waals surface area contributed by atoms with Gasteiger partial charge in [-0.2, -0.15) is 0 Å². The van der Waals surface area contributed by atoms with Crippen molar-refractivity contribution in [2.45, 2.75) is 49.5 Å². The molecule has 34 heavy (non-hydrogen) atoms. The van der Waals surface area contributed by atoms with Crippen LogP contribution >= 0.6 is 12.2 Å². The van der Waals surface area contributed by atoms with E-state index in [9.17, 15) is 8.42 Å². The second kappa shape index (κ2) is 9.62. The minimum Gasteiger partial charge on any atom is -0.497 e. The van der Waals surface area contributed by atoms with Gasteiger partial charge < -0.3 is 20.3 Å². The Bertz CT molecular complexity index is 1150. The number of ether oxygens (including phenoxy) is 1. The Morgan fingerprint density at radius 2 is 1.76 bits per heavy atom. The van der Waals surface area contributed by atoms with Crippen LogP contribution in [0.5, 0.6) is 5.75 Å². The lowest BCUT2D eigenvalue weighted by molar-refractivity contribution is 0.392. The predicted molar refractivity (Wildman–Crippen MR) is 140 cm³/mol. The van der Waals surface area contributed by atoms with Gasteiger partial charge in [0.1, 0.15) is 10.6 Å². The molecule has 0 spiro atoms. The maximum Gasteiger partial charge on any atom is 0.264 e. The van der Waals surface area contributed by atoms with Gasteiger partial charge in [0.15, 0.2) is 5.11 Å². The zero-order valence-electron chi connectivity index (χ0n) is 19.4. The average molecular weight is 501 g/mol. The predicted octanol–water partition coefficient (Wildman–Crippen LogP) is 4.57. The van der Waals surface area contributed by atoms with Gasteiger partial charge in [-0.05, 0) is 98.6 Å². The highest BCUT2D eigenvalue weighted by molar-refractivity contribution is 7.93. The number of hydrogen-bond acceptors (Lipinski definition) is 5. The lowest BCUT2D eigenvalue weighted by atomic mass is 9.96. The SMILES string of the molecule is COc1ccc(NS(=O)(=O)c2cc(NC(=S)N[C@H]3C[C@@H]4CC[C@@H]3C4)ccc2N2CCCC2)cc1. The largest absolute Gasteiger partial charge is 0.497 e. The van der Waals surface area contributed by atoms with E-state index in [2.05, 4.69) is 20.3 Å². The van der Waals surface area contributed by atoms with E-state index in [0.717, 1.165) is 37.5 Å². The number of benzene rings is 2. The first-order valence-corrected chi connectivity index (χ1v) is 13.9. The molecule has 5 rings (SSSR count). The maximum absolute atomic E-state index is 13.5. The number of methoxy groups -OCH3 is 1. The molecule has 3 N–H and O–H groups in total. The van der Waals surface area contributed by atoms with Gasteiger partial charge >= 0.3 is 0 Å². The standard InChI is InChI=1S/C25H32N4O3S2/c1-32-21-9-6-19(7-10-21)28-34(30,31)24-16-20(8-11-23(24)29-12-2-3-13-29)26-25(33)27-22-15-17-4-5-18(22)14-17/h6-11,16-18,22,28H,2-5,12-15H2,1H3,(H2,26,27,33)/t17-,18-,22+/m1/s1. The van der Waals surface area contributed by atoms with Gasteiger partial charge in [-0.15, -0.1) is 0 Å². The number of thiocarbonyl (C=S) groups is 1. The van der Waals surface area contributed by atoms with Crippen LogP contribution in [0.15, 0.2) is 47.4 Å². The Balaban J connectivity index is 1.37. The molecule has 0 unspecified atom stereocenters. The normalized spacial score (nSPS) is 23.7. The Kier molecular flexibility index (Phi) is 6.57. The summed E-state index contributed by atoms with van der Waals surface area (Å²) in [5, 5.41) is 7.25. The van der Waals surface area contributed by atoms with E-state index in [1.54, 1.807) is 37.4 Å². The fourth-order valence-corrected chi connectivity index (χ4v) is 7.23. The van der Waals surface area contributed by atoms with Gasteiger partial charge in [-0.25, -0.2) is 8.42 Å². The molecule has 0 radical (unpaired) electrons. The molecule has 2 aliphatic carbocycles. The molecule has 1 saturated heterocycles. The molecule has 0 aromatic heterocycles.